The zero-order valence-corrected chi connectivity index (χ0v) is 16.2. The maximum absolute atomic E-state index is 12.6. The van der Waals surface area contributed by atoms with Crippen LogP contribution in [-0.2, 0) is 0 Å². The van der Waals surface area contributed by atoms with E-state index in [4.69, 9.17) is 10.7 Å². The summed E-state index contributed by atoms with van der Waals surface area (Å²) in [5.74, 6) is 1.57. The van der Waals surface area contributed by atoms with Crippen molar-refractivity contribution in [3.05, 3.63) is 60.6 Å². The number of pyridine rings is 1. The molecule has 1 aliphatic heterocycles. The first kappa shape index (κ1) is 18.0. The summed E-state index contributed by atoms with van der Waals surface area (Å²) < 4.78 is 0. The van der Waals surface area contributed by atoms with E-state index in [9.17, 15) is 4.79 Å². The van der Waals surface area contributed by atoms with Gasteiger partial charge in [0.1, 0.15) is 11.5 Å². The van der Waals surface area contributed by atoms with Crippen LogP contribution in [0.25, 0.3) is 22.6 Å². The largest absolute Gasteiger partial charge is 0.382 e. The van der Waals surface area contributed by atoms with Gasteiger partial charge in [-0.1, -0.05) is 18.2 Å². The minimum Gasteiger partial charge on any atom is -0.382 e. The number of piperazine rings is 1. The van der Waals surface area contributed by atoms with Gasteiger partial charge in [-0.05, 0) is 24.3 Å². The molecule has 1 fully saturated rings. The average molecular weight is 404 g/mol. The van der Waals surface area contributed by atoms with Crippen molar-refractivity contribution in [2.75, 3.05) is 36.8 Å². The maximum atomic E-state index is 12.6. The predicted octanol–water partition coefficient (Wildman–Crippen LogP) is 2.45. The molecule has 9 heteroatoms. The van der Waals surface area contributed by atoms with Crippen LogP contribution in [0, 0.1) is 0 Å². The number of hydrogen-bond donors (Lipinski definition) is 2. The van der Waals surface area contributed by atoms with Crippen molar-refractivity contribution < 1.29 is 7.65 Å². The lowest BCUT2D eigenvalue weighted by molar-refractivity contribution is 0.0740. The second kappa shape index (κ2) is 7.43. The van der Waals surface area contributed by atoms with Gasteiger partial charge in [-0.25, -0.2) is 15.0 Å². The standard InChI is InChI=1S/C21H20N8O.2H2/c22-19-18(20-25-14-5-1-2-6-15(14)26-20)27-17(13-24-19)28-9-11-29(12-10-28)21(30)16-7-3-4-8-23-16;;/h1-8,13H,9-12H2,(H2,22,24)(H,25,26);2*1H. The quantitative estimate of drug-likeness (QED) is 0.538. The number of H-pyrrole nitrogens is 1. The number of nitrogens with one attached hydrogen (secondary N) is 1. The number of fused-ring (bicyclic) bond motifs is 1. The van der Waals surface area contributed by atoms with Gasteiger partial charge in [-0.2, -0.15) is 0 Å². The highest BCUT2D eigenvalue weighted by Crippen LogP contribution is 2.25. The molecule has 1 amide bonds. The van der Waals surface area contributed by atoms with E-state index in [0.717, 1.165) is 11.0 Å². The zero-order valence-electron chi connectivity index (χ0n) is 16.2. The van der Waals surface area contributed by atoms with E-state index in [-0.39, 0.29) is 8.76 Å². The molecular weight excluding hydrogens is 380 g/mol. The summed E-state index contributed by atoms with van der Waals surface area (Å²) in [7, 11) is 0. The normalized spacial score (nSPS) is 14.3. The number of hydrogen-bond acceptors (Lipinski definition) is 7. The number of benzene rings is 1. The molecule has 0 aliphatic carbocycles. The lowest BCUT2D eigenvalue weighted by Gasteiger charge is -2.35. The van der Waals surface area contributed by atoms with Crippen LogP contribution in [0.3, 0.4) is 0 Å². The zero-order chi connectivity index (χ0) is 20.5. The molecule has 1 aromatic carbocycles. The number of para-hydroxylation sites is 2. The first-order valence-corrected chi connectivity index (χ1v) is 9.72. The number of aromatic amines is 1. The number of rotatable bonds is 3. The number of anilines is 2. The van der Waals surface area contributed by atoms with Crippen LogP contribution in [0.1, 0.15) is 13.3 Å². The fraction of sp³-hybridized carbons (Fsp3) is 0.190. The molecule has 0 saturated carbocycles. The van der Waals surface area contributed by atoms with Crippen molar-refractivity contribution in [1.29, 1.82) is 0 Å². The number of imidazole rings is 1. The molecule has 0 radical (unpaired) electrons. The summed E-state index contributed by atoms with van der Waals surface area (Å²) >= 11 is 0. The molecule has 9 nitrogen and oxygen atoms in total. The molecule has 30 heavy (non-hydrogen) atoms. The molecule has 1 saturated heterocycles. The molecular formula is C21H24N8O. The van der Waals surface area contributed by atoms with Crippen molar-refractivity contribution in [1.82, 2.24) is 29.8 Å². The molecule has 3 N–H and O–H groups in total. The topological polar surface area (TPSA) is 117 Å². The summed E-state index contributed by atoms with van der Waals surface area (Å²) in [6.07, 6.45) is 3.30. The number of amides is 1. The monoisotopic (exact) mass is 404 g/mol. The van der Waals surface area contributed by atoms with Gasteiger partial charge in [0.15, 0.2) is 17.3 Å². The Morgan fingerprint density at radius 3 is 2.57 bits per heavy atom. The average Bonchev–Trinajstić information content (AvgIpc) is 3.24. The van der Waals surface area contributed by atoms with Crippen LogP contribution >= 0.6 is 0 Å². The SMILES string of the molecule is Nc1ncc(N2CCN(C(=O)c3ccccn3)CC2)nc1-c1nc2ccccc2[nH]1.[HH].[HH]. The van der Waals surface area contributed by atoms with Gasteiger partial charge >= 0.3 is 0 Å². The van der Waals surface area contributed by atoms with Crippen molar-refractivity contribution in [2.24, 2.45) is 0 Å². The van der Waals surface area contributed by atoms with Crippen LogP contribution in [0.15, 0.2) is 54.9 Å². The highest BCUT2D eigenvalue weighted by atomic mass is 16.2. The Morgan fingerprint density at radius 2 is 1.80 bits per heavy atom. The summed E-state index contributed by atoms with van der Waals surface area (Å²) in [6, 6.07) is 13.1. The number of carbonyl (C=O) groups is 1. The van der Waals surface area contributed by atoms with Gasteiger partial charge in [0, 0.05) is 35.2 Å². The number of nitrogens with zero attached hydrogens (tertiary/aromatic N) is 6. The third-order valence-electron chi connectivity index (χ3n) is 5.18. The first-order valence-electron chi connectivity index (χ1n) is 9.72. The third-order valence-corrected chi connectivity index (χ3v) is 5.18. The van der Waals surface area contributed by atoms with E-state index in [0.29, 0.717) is 55.0 Å². The van der Waals surface area contributed by atoms with Crippen molar-refractivity contribution in [2.45, 2.75) is 0 Å². The Balaban J connectivity index is 0.00000144. The fourth-order valence-electron chi connectivity index (χ4n) is 3.57. The molecule has 3 aromatic heterocycles. The molecule has 0 bridgehead atoms. The number of nitrogen functional groups attached to an aromatic ring is 1. The molecule has 4 aromatic rings. The Bertz CT molecular complexity index is 1180. The molecule has 1 aliphatic rings. The summed E-state index contributed by atoms with van der Waals surface area (Å²) in [6.45, 7) is 2.47. The van der Waals surface area contributed by atoms with Crippen LogP contribution in [0.2, 0.25) is 0 Å². The highest BCUT2D eigenvalue weighted by molar-refractivity contribution is 5.92. The molecule has 0 spiro atoms. The molecule has 154 valence electrons. The van der Waals surface area contributed by atoms with Crippen LogP contribution < -0.4 is 10.6 Å². The maximum Gasteiger partial charge on any atom is 0.272 e. The Morgan fingerprint density at radius 1 is 1.00 bits per heavy atom. The van der Waals surface area contributed by atoms with Gasteiger partial charge in [0.25, 0.3) is 5.91 Å². The van der Waals surface area contributed by atoms with E-state index in [1.807, 2.05) is 35.2 Å². The van der Waals surface area contributed by atoms with Crippen LogP contribution in [0.4, 0.5) is 11.6 Å². The van der Waals surface area contributed by atoms with Gasteiger partial charge < -0.3 is 20.5 Å². The Kier molecular flexibility index (Phi) is 4.47. The van der Waals surface area contributed by atoms with E-state index in [1.54, 1.807) is 24.5 Å². The minimum atomic E-state index is -0.0541. The summed E-state index contributed by atoms with van der Waals surface area (Å²) in [5, 5.41) is 0. The molecule has 4 heterocycles. The fourth-order valence-corrected chi connectivity index (χ4v) is 3.57. The Labute approximate surface area is 175 Å². The van der Waals surface area contributed by atoms with E-state index < -0.39 is 0 Å². The van der Waals surface area contributed by atoms with Crippen molar-refractivity contribution in [3.8, 4) is 11.5 Å². The lowest BCUT2D eigenvalue weighted by Crippen LogP contribution is -2.49. The van der Waals surface area contributed by atoms with Gasteiger partial charge in [-0.15, -0.1) is 0 Å². The molecule has 0 atom stereocenters. The summed E-state index contributed by atoms with van der Waals surface area (Å²) in [4.78, 5) is 37.5. The lowest BCUT2D eigenvalue weighted by atomic mass is 10.2. The molecule has 5 rings (SSSR count). The highest BCUT2D eigenvalue weighted by Gasteiger charge is 2.24. The Hall–Kier alpha value is -4.01. The van der Waals surface area contributed by atoms with Crippen LogP contribution in [-0.4, -0.2) is 61.9 Å². The van der Waals surface area contributed by atoms with E-state index >= 15 is 0 Å². The van der Waals surface area contributed by atoms with E-state index in [1.165, 1.54) is 0 Å². The molecule has 0 unspecified atom stereocenters. The van der Waals surface area contributed by atoms with E-state index in [2.05, 4.69) is 24.8 Å². The first-order chi connectivity index (χ1) is 14.7. The third kappa shape index (κ3) is 3.30. The second-order valence-electron chi connectivity index (χ2n) is 7.06. The van der Waals surface area contributed by atoms with Gasteiger partial charge in [-0.3, -0.25) is 9.78 Å². The number of nitrogens with two attached hydrogens (primary N) is 1. The minimum absolute atomic E-state index is 0. The van der Waals surface area contributed by atoms with Crippen molar-refractivity contribution in [3.63, 3.8) is 0 Å². The smallest absolute Gasteiger partial charge is 0.272 e. The number of aromatic nitrogens is 5. The predicted molar refractivity (Wildman–Crippen MR) is 118 cm³/mol. The van der Waals surface area contributed by atoms with Crippen molar-refractivity contribution >= 4 is 28.6 Å². The van der Waals surface area contributed by atoms with Crippen LogP contribution in [0.5, 0.6) is 0 Å². The van der Waals surface area contributed by atoms with Gasteiger partial charge in [0.05, 0.1) is 17.2 Å². The summed E-state index contributed by atoms with van der Waals surface area (Å²) in [5.41, 5.74) is 8.84. The second-order valence-corrected chi connectivity index (χ2v) is 7.06. The van der Waals surface area contributed by atoms with Gasteiger partial charge in [0.2, 0.25) is 0 Å². The number of carbonyl (C=O) groups excluding carboxylic acids is 1.